The molecule has 1 atom stereocenters. The van der Waals surface area contributed by atoms with E-state index in [4.69, 9.17) is 5.73 Å². The van der Waals surface area contributed by atoms with Gasteiger partial charge in [-0.3, -0.25) is 0 Å². The van der Waals surface area contributed by atoms with Crippen LogP contribution in [0.3, 0.4) is 0 Å². The Balaban J connectivity index is 2.67. The van der Waals surface area contributed by atoms with Gasteiger partial charge in [-0.2, -0.15) is 11.8 Å². The van der Waals surface area contributed by atoms with Crippen LogP contribution in [0.25, 0.3) is 0 Å². The van der Waals surface area contributed by atoms with Gasteiger partial charge in [0.2, 0.25) is 0 Å². The lowest BCUT2D eigenvalue weighted by Gasteiger charge is -2.14. The molecule has 1 heterocycles. The van der Waals surface area contributed by atoms with Crippen molar-refractivity contribution < 1.29 is 0 Å². The van der Waals surface area contributed by atoms with Crippen LogP contribution >= 0.6 is 27.7 Å². The van der Waals surface area contributed by atoms with E-state index in [0.717, 1.165) is 16.0 Å². The maximum Gasteiger partial charge on any atom is 0.149 e. The standard InChI is InChI=1S/C9H14BrN3S/c1-6(5-14-2)13-9-8(11)3-7(10)4-12-9/h3-4,6H,5,11H2,1-2H3,(H,12,13). The molecular weight excluding hydrogens is 262 g/mol. The number of nitrogens with two attached hydrogens (primary N) is 1. The summed E-state index contributed by atoms with van der Waals surface area (Å²) >= 11 is 5.12. The van der Waals surface area contributed by atoms with Crippen LogP contribution in [0, 0.1) is 0 Å². The maximum absolute atomic E-state index is 5.80. The zero-order valence-electron chi connectivity index (χ0n) is 8.25. The fourth-order valence-corrected chi connectivity index (χ4v) is 2.03. The largest absolute Gasteiger partial charge is 0.396 e. The van der Waals surface area contributed by atoms with Crippen molar-refractivity contribution in [2.75, 3.05) is 23.1 Å². The van der Waals surface area contributed by atoms with Gasteiger partial charge in [0.1, 0.15) is 5.82 Å². The number of anilines is 2. The van der Waals surface area contributed by atoms with E-state index in [2.05, 4.69) is 39.4 Å². The van der Waals surface area contributed by atoms with E-state index in [-0.39, 0.29) is 0 Å². The molecule has 1 unspecified atom stereocenters. The number of halogens is 1. The molecule has 0 aliphatic carbocycles. The molecule has 0 aliphatic heterocycles. The van der Waals surface area contributed by atoms with E-state index >= 15 is 0 Å². The SMILES string of the molecule is CSCC(C)Nc1ncc(Br)cc1N. The normalized spacial score (nSPS) is 12.5. The van der Waals surface area contributed by atoms with Gasteiger partial charge in [0.25, 0.3) is 0 Å². The first-order valence-electron chi connectivity index (χ1n) is 4.30. The van der Waals surface area contributed by atoms with Gasteiger partial charge in [0.05, 0.1) is 5.69 Å². The molecule has 0 saturated heterocycles. The molecule has 0 radical (unpaired) electrons. The van der Waals surface area contributed by atoms with Crippen LogP contribution in [0.15, 0.2) is 16.7 Å². The first kappa shape index (κ1) is 11.7. The first-order valence-corrected chi connectivity index (χ1v) is 6.48. The number of nitrogen functional groups attached to an aromatic ring is 1. The Morgan fingerprint density at radius 2 is 2.43 bits per heavy atom. The van der Waals surface area contributed by atoms with Crippen molar-refractivity contribution in [3.8, 4) is 0 Å². The van der Waals surface area contributed by atoms with Crippen LogP contribution in [0.1, 0.15) is 6.92 Å². The summed E-state index contributed by atoms with van der Waals surface area (Å²) in [5.74, 6) is 1.80. The summed E-state index contributed by atoms with van der Waals surface area (Å²) in [7, 11) is 0. The van der Waals surface area contributed by atoms with Gasteiger partial charge in [-0.15, -0.1) is 0 Å². The lowest BCUT2D eigenvalue weighted by Crippen LogP contribution is -2.19. The zero-order chi connectivity index (χ0) is 10.6. The number of nitrogens with one attached hydrogen (secondary N) is 1. The summed E-state index contributed by atoms with van der Waals surface area (Å²) in [5, 5.41) is 3.26. The van der Waals surface area contributed by atoms with E-state index in [9.17, 15) is 0 Å². The van der Waals surface area contributed by atoms with Crippen LogP contribution in [0.4, 0.5) is 11.5 Å². The molecule has 5 heteroatoms. The Morgan fingerprint density at radius 3 is 3.00 bits per heavy atom. The average molecular weight is 276 g/mol. The second-order valence-corrected chi connectivity index (χ2v) is 4.92. The van der Waals surface area contributed by atoms with Crippen LogP contribution < -0.4 is 11.1 Å². The number of nitrogens with zero attached hydrogens (tertiary/aromatic N) is 1. The second-order valence-electron chi connectivity index (χ2n) is 3.09. The fourth-order valence-electron chi connectivity index (χ4n) is 1.10. The molecule has 0 aromatic carbocycles. The Bertz CT molecular complexity index is 306. The Morgan fingerprint density at radius 1 is 1.71 bits per heavy atom. The summed E-state index contributed by atoms with van der Waals surface area (Å²) in [6, 6.07) is 2.22. The van der Waals surface area contributed by atoms with Gasteiger partial charge in [0.15, 0.2) is 0 Å². The van der Waals surface area contributed by atoms with Crippen molar-refractivity contribution in [2.45, 2.75) is 13.0 Å². The van der Waals surface area contributed by atoms with Gasteiger partial charge in [-0.25, -0.2) is 4.98 Å². The molecule has 1 rings (SSSR count). The lowest BCUT2D eigenvalue weighted by atomic mass is 10.3. The predicted molar refractivity (Wildman–Crippen MR) is 67.8 cm³/mol. The summed E-state index contributed by atoms with van der Waals surface area (Å²) < 4.78 is 0.901. The first-order chi connectivity index (χ1) is 6.63. The van der Waals surface area contributed by atoms with Crippen LogP contribution in [-0.4, -0.2) is 23.0 Å². The van der Waals surface area contributed by atoms with Gasteiger partial charge < -0.3 is 11.1 Å². The molecule has 0 fully saturated rings. The number of aromatic nitrogens is 1. The summed E-state index contributed by atoms with van der Waals surface area (Å²) in [4.78, 5) is 4.21. The van der Waals surface area contributed by atoms with Crippen molar-refractivity contribution in [1.82, 2.24) is 4.98 Å². The van der Waals surface area contributed by atoms with Crippen molar-refractivity contribution in [2.24, 2.45) is 0 Å². The lowest BCUT2D eigenvalue weighted by molar-refractivity contribution is 0.904. The van der Waals surface area contributed by atoms with Crippen LogP contribution in [0.5, 0.6) is 0 Å². The molecule has 0 saturated carbocycles. The molecule has 3 N–H and O–H groups in total. The number of rotatable bonds is 4. The minimum Gasteiger partial charge on any atom is -0.396 e. The smallest absolute Gasteiger partial charge is 0.149 e. The van der Waals surface area contributed by atoms with E-state index in [1.54, 1.807) is 18.0 Å². The molecular formula is C9H14BrN3S. The Kier molecular flexibility index (Phi) is 4.54. The van der Waals surface area contributed by atoms with Crippen molar-refractivity contribution in [1.29, 1.82) is 0 Å². The number of pyridine rings is 1. The molecule has 78 valence electrons. The third kappa shape index (κ3) is 3.38. The second kappa shape index (κ2) is 5.46. The van der Waals surface area contributed by atoms with Crippen molar-refractivity contribution >= 4 is 39.2 Å². The Hall–Kier alpha value is -0.420. The predicted octanol–water partition coefficient (Wildman–Crippen LogP) is 2.59. The molecule has 1 aromatic rings. The molecule has 3 nitrogen and oxygen atoms in total. The van der Waals surface area contributed by atoms with E-state index in [1.165, 1.54) is 0 Å². The molecule has 1 aromatic heterocycles. The fraction of sp³-hybridized carbons (Fsp3) is 0.444. The highest BCUT2D eigenvalue weighted by Gasteiger charge is 2.05. The van der Waals surface area contributed by atoms with Crippen LogP contribution in [0.2, 0.25) is 0 Å². The van der Waals surface area contributed by atoms with Gasteiger partial charge >= 0.3 is 0 Å². The molecule has 0 amide bonds. The summed E-state index contributed by atoms with van der Waals surface area (Å²) in [6.07, 6.45) is 3.82. The van der Waals surface area contributed by atoms with Gasteiger partial charge in [-0.1, -0.05) is 0 Å². The summed E-state index contributed by atoms with van der Waals surface area (Å²) in [5.41, 5.74) is 6.48. The monoisotopic (exact) mass is 275 g/mol. The van der Waals surface area contributed by atoms with Gasteiger partial charge in [0, 0.05) is 22.5 Å². The quantitative estimate of drug-likeness (QED) is 0.887. The van der Waals surface area contributed by atoms with Crippen molar-refractivity contribution in [3.63, 3.8) is 0 Å². The average Bonchev–Trinajstić information content (AvgIpc) is 2.10. The molecule has 0 spiro atoms. The molecule has 14 heavy (non-hydrogen) atoms. The third-order valence-electron chi connectivity index (χ3n) is 1.68. The van der Waals surface area contributed by atoms with Gasteiger partial charge in [-0.05, 0) is 35.2 Å². The van der Waals surface area contributed by atoms with Crippen LogP contribution in [-0.2, 0) is 0 Å². The highest BCUT2D eigenvalue weighted by atomic mass is 79.9. The van der Waals surface area contributed by atoms with E-state index in [1.807, 2.05) is 6.07 Å². The van der Waals surface area contributed by atoms with E-state index in [0.29, 0.717) is 11.7 Å². The minimum atomic E-state index is 0.376. The zero-order valence-corrected chi connectivity index (χ0v) is 10.7. The highest BCUT2D eigenvalue weighted by Crippen LogP contribution is 2.20. The molecule has 0 bridgehead atoms. The number of hydrogen-bond acceptors (Lipinski definition) is 4. The third-order valence-corrected chi connectivity index (χ3v) is 2.95. The number of thioether (sulfide) groups is 1. The maximum atomic E-state index is 5.80. The summed E-state index contributed by atoms with van der Waals surface area (Å²) in [6.45, 7) is 2.11. The topological polar surface area (TPSA) is 50.9 Å². The minimum absolute atomic E-state index is 0.376. The highest BCUT2D eigenvalue weighted by molar-refractivity contribution is 9.10. The molecule has 0 aliphatic rings. The number of hydrogen-bond donors (Lipinski definition) is 2. The van der Waals surface area contributed by atoms with E-state index < -0.39 is 0 Å². The van der Waals surface area contributed by atoms with Crippen molar-refractivity contribution in [3.05, 3.63) is 16.7 Å². The Labute approximate surface area is 97.0 Å².